The maximum absolute atomic E-state index is 13.3. The first-order chi connectivity index (χ1) is 15.9. The van der Waals surface area contributed by atoms with Gasteiger partial charge in [0.05, 0.1) is 6.10 Å². The van der Waals surface area contributed by atoms with Crippen molar-refractivity contribution in [1.82, 2.24) is 10.3 Å². The Balaban J connectivity index is 0.00000324. The number of aromatic nitrogens is 1. The summed E-state index contributed by atoms with van der Waals surface area (Å²) in [5.74, 6) is 0.392. The highest BCUT2D eigenvalue weighted by molar-refractivity contribution is 6.31. The van der Waals surface area contributed by atoms with E-state index >= 15 is 0 Å². The molecule has 1 aromatic carbocycles. The summed E-state index contributed by atoms with van der Waals surface area (Å²) in [6.45, 7) is 2.04. The highest BCUT2D eigenvalue weighted by Gasteiger charge is 2.23. The van der Waals surface area contributed by atoms with Crippen molar-refractivity contribution in [2.24, 2.45) is 5.73 Å². The van der Waals surface area contributed by atoms with Gasteiger partial charge >= 0.3 is 0 Å². The molecular formula is C26H33Cl2N3O3. The molecule has 1 saturated carbocycles. The summed E-state index contributed by atoms with van der Waals surface area (Å²) >= 11 is 6.41. The Morgan fingerprint density at radius 1 is 1.06 bits per heavy atom. The van der Waals surface area contributed by atoms with E-state index in [0.717, 1.165) is 61.8 Å². The molecule has 1 aliphatic heterocycles. The molecule has 4 rings (SSSR count). The number of nitrogens with one attached hydrogen (secondary N) is 2. The standard InChI is InChI=1S/C26H32ClN3O3.ClH/c1-16-12-17-6-4-2-3-5-7-21-22(25(31)29-15-23(17)26(32)30-16)13-18(27)14-24(21)33-20-10-8-19(28)9-11-20;/h3,5,12-14,19-20H,2,4,6-11,15,28H2,1H3,(H,29,31)(H,30,32);1H/b5-3+;. The Labute approximate surface area is 211 Å². The first-order valence-corrected chi connectivity index (χ1v) is 12.2. The molecule has 4 N–H and O–H groups in total. The molecule has 0 unspecified atom stereocenters. The summed E-state index contributed by atoms with van der Waals surface area (Å²) in [5.41, 5.74) is 9.61. The zero-order valence-corrected chi connectivity index (χ0v) is 21.1. The summed E-state index contributed by atoms with van der Waals surface area (Å²) in [7, 11) is 0. The Morgan fingerprint density at radius 2 is 1.82 bits per heavy atom. The summed E-state index contributed by atoms with van der Waals surface area (Å²) in [4.78, 5) is 28.7. The van der Waals surface area contributed by atoms with Crippen molar-refractivity contribution < 1.29 is 9.53 Å². The molecule has 34 heavy (non-hydrogen) atoms. The fourth-order valence-electron chi connectivity index (χ4n) is 4.71. The summed E-state index contributed by atoms with van der Waals surface area (Å²) in [6, 6.07) is 5.72. The minimum atomic E-state index is -0.262. The van der Waals surface area contributed by atoms with Gasteiger partial charge in [-0.05, 0) is 82.1 Å². The van der Waals surface area contributed by atoms with Crippen molar-refractivity contribution in [3.63, 3.8) is 0 Å². The van der Waals surface area contributed by atoms with Crippen LogP contribution >= 0.6 is 24.0 Å². The molecule has 8 heteroatoms. The molecule has 2 heterocycles. The van der Waals surface area contributed by atoms with Crippen LogP contribution in [-0.2, 0) is 19.4 Å². The van der Waals surface area contributed by atoms with Gasteiger partial charge in [0.2, 0.25) is 0 Å². The number of hydrogen-bond donors (Lipinski definition) is 3. The maximum atomic E-state index is 13.3. The van der Waals surface area contributed by atoms with Crippen molar-refractivity contribution in [2.75, 3.05) is 0 Å². The predicted molar refractivity (Wildman–Crippen MR) is 138 cm³/mol. The normalized spacial score (nSPS) is 21.9. The van der Waals surface area contributed by atoms with Gasteiger partial charge in [-0.15, -0.1) is 12.4 Å². The van der Waals surface area contributed by atoms with E-state index in [1.807, 2.05) is 13.0 Å². The lowest BCUT2D eigenvalue weighted by molar-refractivity contribution is 0.0948. The number of allylic oxidation sites excluding steroid dienone is 2. The number of ether oxygens (including phenoxy) is 1. The Bertz CT molecular complexity index is 1110. The number of amides is 1. The highest BCUT2D eigenvalue weighted by atomic mass is 35.5. The molecule has 0 atom stereocenters. The van der Waals surface area contributed by atoms with Crippen LogP contribution in [0.5, 0.6) is 5.75 Å². The Morgan fingerprint density at radius 3 is 2.59 bits per heavy atom. The van der Waals surface area contributed by atoms with Gasteiger partial charge < -0.3 is 20.8 Å². The largest absolute Gasteiger partial charge is 0.490 e. The minimum absolute atomic E-state index is 0. The monoisotopic (exact) mass is 505 g/mol. The van der Waals surface area contributed by atoms with Crippen LogP contribution in [0.25, 0.3) is 0 Å². The van der Waals surface area contributed by atoms with Gasteiger partial charge in [-0.3, -0.25) is 9.59 Å². The first-order valence-electron chi connectivity index (χ1n) is 11.8. The second-order valence-corrected chi connectivity index (χ2v) is 9.56. The lowest BCUT2D eigenvalue weighted by Crippen LogP contribution is -2.32. The molecule has 0 bridgehead atoms. The van der Waals surface area contributed by atoms with Crippen molar-refractivity contribution >= 4 is 29.9 Å². The minimum Gasteiger partial charge on any atom is -0.490 e. The number of nitrogens with two attached hydrogens (primary N) is 1. The van der Waals surface area contributed by atoms with E-state index in [4.69, 9.17) is 22.1 Å². The lowest BCUT2D eigenvalue weighted by Gasteiger charge is -2.28. The number of carbonyl (C=O) groups is 1. The van der Waals surface area contributed by atoms with Crippen molar-refractivity contribution in [1.29, 1.82) is 0 Å². The summed E-state index contributed by atoms with van der Waals surface area (Å²) < 4.78 is 6.36. The molecule has 2 aliphatic rings. The van der Waals surface area contributed by atoms with Crippen LogP contribution in [-0.4, -0.2) is 23.0 Å². The number of rotatable bonds is 2. The van der Waals surface area contributed by atoms with Crippen LogP contribution in [0.1, 0.15) is 71.3 Å². The number of aromatic amines is 1. The van der Waals surface area contributed by atoms with E-state index in [1.165, 1.54) is 0 Å². The van der Waals surface area contributed by atoms with E-state index in [0.29, 0.717) is 28.3 Å². The van der Waals surface area contributed by atoms with Gasteiger partial charge in [-0.25, -0.2) is 0 Å². The molecule has 1 aromatic heterocycles. The quantitative estimate of drug-likeness (QED) is 0.511. The van der Waals surface area contributed by atoms with Crippen LogP contribution in [0.2, 0.25) is 5.02 Å². The van der Waals surface area contributed by atoms with Crippen LogP contribution < -0.4 is 21.3 Å². The number of hydrogen-bond acceptors (Lipinski definition) is 4. The smallest absolute Gasteiger partial charge is 0.253 e. The third-order valence-corrected chi connectivity index (χ3v) is 6.74. The van der Waals surface area contributed by atoms with Gasteiger partial charge in [0, 0.05) is 40.0 Å². The van der Waals surface area contributed by atoms with Crippen LogP contribution in [0.15, 0.2) is 35.1 Å². The SMILES string of the molecule is Cc1cc2c(c(=O)[nH]1)CNC(=O)c1cc(Cl)cc(OC3CCC(N)CC3)c1C/C=C/CCC2.Cl. The molecule has 0 saturated heterocycles. The van der Waals surface area contributed by atoms with Gasteiger partial charge in [0.15, 0.2) is 0 Å². The number of aryl methyl sites for hydroxylation is 2. The van der Waals surface area contributed by atoms with Gasteiger partial charge in [0.1, 0.15) is 5.75 Å². The molecule has 1 amide bonds. The molecular weight excluding hydrogens is 473 g/mol. The van der Waals surface area contributed by atoms with Crippen molar-refractivity contribution in [3.8, 4) is 5.75 Å². The fraction of sp³-hybridized carbons (Fsp3) is 0.462. The van der Waals surface area contributed by atoms with Gasteiger partial charge in [-0.2, -0.15) is 0 Å². The number of carbonyl (C=O) groups excluding carboxylic acids is 1. The van der Waals surface area contributed by atoms with Crippen LogP contribution in [0.4, 0.5) is 0 Å². The van der Waals surface area contributed by atoms with E-state index in [-0.39, 0.29) is 42.6 Å². The molecule has 184 valence electrons. The first kappa shape index (κ1) is 26.3. The number of benzene rings is 1. The molecule has 1 fully saturated rings. The second kappa shape index (κ2) is 11.9. The zero-order valence-electron chi connectivity index (χ0n) is 19.5. The second-order valence-electron chi connectivity index (χ2n) is 9.12. The number of pyridine rings is 1. The molecule has 0 spiro atoms. The summed E-state index contributed by atoms with van der Waals surface area (Å²) in [6.07, 6.45) is 11.1. The van der Waals surface area contributed by atoms with Crippen molar-refractivity contribution in [2.45, 2.75) is 77.0 Å². The van der Waals surface area contributed by atoms with Crippen molar-refractivity contribution in [3.05, 3.63) is 73.7 Å². The van der Waals surface area contributed by atoms with E-state index < -0.39 is 0 Å². The third kappa shape index (κ3) is 6.44. The third-order valence-electron chi connectivity index (χ3n) is 6.53. The Hall–Kier alpha value is -2.28. The number of fused-ring (bicyclic) bond motifs is 2. The number of H-pyrrole nitrogens is 1. The number of halogens is 2. The summed E-state index contributed by atoms with van der Waals surface area (Å²) in [5, 5.41) is 3.40. The average Bonchev–Trinajstić information content (AvgIpc) is 2.78. The van der Waals surface area contributed by atoms with Crippen LogP contribution in [0, 0.1) is 6.92 Å². The molecule has 0 radical (unpaired) electrons. The van der Waals surface area contributed by atoms with Crippen LogP contribution in [0.3, 0.4) is 0 Å². The fourth-order valence-corrected chi connectivity index (χ4v) is 4.92. The van der Waals surface area contributed by atoms with E-state index in [2.05, 4.69) is 22.5 Å². The lowest BCUT2D eigenvalue weighted by atomic mass is 9.93. The molecule has 6 nitrogen and oxygen atoms in total. The van der Waals surface area contributed by atoms with E-state index in [9.17, 15) is 9.59 Å². The highest BCUT2D eigenvalue weighted by Crippen LogP contribution is 2.32. The zero-order chi connectivity index (χ0) is 23.4. The predicted octanol–water partition coefficient (Wildman–Crippen LogP) is 4.77. The molecule has 2 aromatic rings. The van der Waals surface area contributed by atoms with E-state index in [1.54, 1.807) is 12.1 Å². The maximum Gasteiger partial charge on any atom is 0.253 e. The average molecular weight is 506 g/mol. The van der Waals surface area contributed by atoms with Gasteiger partial charge in [-0.1, -0.05) is 23.8 Å². The topological polar surface area (TPSA) is 97.2 Å². The van der Waals surface area contributed by atoms with Gasteiger partial charge in [0.25, 0.3) is 11.5 Å². The Kier molecular flexibility index (Phi) is 9.23. The molecule has 1 aliphatic carbocycles.